The molecule has 7 bridgehead atoms. The summed E-state index contributed by atoms with van der Waals surface area (Å²) >= 11 is 0. The van der Waals surface area contributed by atoms with E-state index in [0.29, 0.717) is 12.8 Å². The first-order valence-corrected chi connectivity index (χ1v) is 12.8. The maximum absolute atomic E-state index is 13.2. The topological polar surface area (TPSA) is 89.9 Å². The van der Waals surface area contributed by atoms with Gasteiger partial charge in [-0.3, -0.25) is 4.90 Å². The molecule has 13 atom stereocenters. The van der Waals surface area contributed by atoms with E-state index in [-0.39, 0.29) is 54.3 Å². The molecular formula is C25H39NO7. The quantitative estimate of drug-likeness (QED) is 0.630. The number of nitrogens with zero attached hydrogens (tertiary/aromatic N) is 1. The lowest BCUT2D eigenvalue weighted by Crippen LogP contribution is -2.85. The van der Waals surface area contributed by atoms with Crippen LogP contribution < -0.4 is 0 Å². The molecule has 186 valence electrons. The molecule has 7 aliphatic rings. The number of ether oxygens (including phenoxy) is 5. The number of likely N-dealkylation sites (N-methyl/N-ethyl adjacent to an activating group) is 1. The third-order valence-corrected chi connectivity index (χ3v) is 11.9. The number of aliphatic hydroxyl groups excluding tert-OH is 1. The average Bonchev–Trinajstić information content (AvgIpc) is 3.35. The standard InChI is InChI=1S/C25H39NO7/c1-6-26-11-21(2)8-7-15(30-4)24-18(21)19(27)25(20(24)26)23(32-12-33-25)10-14(29-3)13-9-22(24,28)17(23)16(13)31-5/h13-20,27-28H,6-12H2,1-5H3/t13-,14+,15?,16+,17+,18-,19+,20+,21+,22+,23-,24?,25+/m1/s1. The van der Waals surface area contributed by atoms with Gasteiger partial charge in [-0.05, 0) is 31.2 Å². The van der Waals surface area contributed by atoms with E-state index in [2.05, 4.69) is 18.7 Å². The molecule has 2 saturated heterocycles. The lowest BCUT2D eigenvalue weighted by atomic mass is 9.41. The Bertz CT molecular complexity index is 874. The highest BCUT2D eigenvalue weighted by Crippen LogP contribution is 2.83. The van der Waals surface area contributed by atoms with Crippen LogP contribution in [0.25, 0.3) is 0 Å². The van der Waals surface area contributed by atoms with Gasteiger partial charge >= 0.3 is 0 Å². The molecule has 2 N–H and O–H groups in total. The van der Waals surface area contributed by atoms with Crippen molar-refractivity contribution in [3.63, 3.8) is 0 Å². The predicted octanol–water partition coefficient (Wildman–Crippen LogP) is 0.779. The van der Waals surface area contributed by atoms with Crippen LogP contribution in [0, 0.1) is 28.6 Å². The second-order valence-corrected chi connectivity index (χ2v) is 12.3. The molecule has 8 nitrogen and oxygen atoms in total. The molecule has 5 aliphatic carbocycles. The zero-order valence-corrected chi connectivity index (χ0v) is 20.5. The van der Waals surface area contributed by atoms with E-state index in [9.17, 15) is 10.2 Å². The Hall–Kier alpha value is -0.320. The van der Waals surface area contributed by atoms with Gasteiger partial charge in [-0.15, -0.1) is 0 Å². The fraction of sp³-hybridized carbons (Fsp3) is 1.00. The molecule has 2 aliphatic heterocycles. The molecule has 0 aromatic carbocycles. The summed E-state index contributed by atoms with van der Waals surface area (Å²) < 4.78 is 31.8. The van der Waals surface area contributed by atoms with Gasteiger partial charge < -0.3 is 33.9 Å². The summed E-state index contributed by atoms with van der Waals surface area (Å²) in [7, 11) is 5.25. The van der Waals surface area contributed by atoms with Crippen LogP contribution >= 0.6 is 0 Å². The van der Waals surface area contributed by atoms with Gasteiger partial charge in [0.05, 0.1) is 41.5 Å². The van der Waals surface area contributed by atoms with Crippen LogP contribution in [0.15, 0.2) is 0 Å². The zero-order chi connectivity index (χ0) is 23.2. The van der Waals surface area contributed by atoms with E-state index < -0.39 is 28.3 Å². The van der Waals surface area contributed by atoms with E-state index in [1.807, 2.05) is 0 Å². The van der Waals surface area contributed by atoms with Crippen molar-refractivity contribution < 1.29 is 33.9 Å². The predicted molar refractivity (Wildman–Crippen MR) is 116 cm³/mol. The normalized spacial score (nSPS) is 64.8. The zero-order valence-electron chi connectivity index (χ0n) is 20.5. The Kier molecular flexibility index (Phi) is 4.20. The van der Waals surface area contributed by atoms with Gasteiger partial charge in [0.15, 0.2) is 0 Å². The summed E-state index contributed by atoms with van der Waals surface area (Å²) in [5.74, 6) is -0.376. The fourth-order valence-corrected chi connectivity index (χ4v) is 11.5. The number of piperidine rings is 1. The first-order chi connectivity index (χ1) is 15.8. The van der Waals surface area contributed by atoms with Crippen LogP contribution in [0.2, 0.25) is 0 Å². The Labute approximate surface area is 195 Å². The highest BCUT2D eigenvalue weighted by Gasteiger charge is 2.96. The first kappa shape index (κ1) is 21.9. The maximum Gasteiger partial charge on any atom is 0.148 e. The van der Waals surface area contributed by atoms with Crippen LogP contribution in [0.3, 0.4) is 0 Å². The fourth-order valence-electron chi connectivity index (χ4n) is 11.5. The lowest BCUT2D eigenvalue weighted by molar-refractivity contribution is -0.332. The molecule has 0 radical (unpaired) electrons. The Balaban J connectivity index is 1.60. The number of rotatable bonds is 4. The van der Waals surface area contributed by atoms with Gasteiger partial charge in [-0.25, -0.2) is 0 Å². The lowest BCUT2D eigenvalue weighted by Gasteiger charge is -2.72. The van der Waals surface area contributed by atoms with Crippen molar-refractivity contribution in [2.45, 2.75) is 86.8 Å². The van der Waals surface area contributed by atoms with E-state index in [0.717, 1.165) is 25.9 Å². The minimum absolute atomic E-state index is 0.0641. The van der Waals surface area contributed by atoms with Gasteiger partial charge in [0.25, 0.3) is 0 Å². The van der Waals surface area contributed by atoms with E-state index in [1.54, 1.807) is 21.3 Å². The van der Waals surface area contributed by atoms with Crippen molar-refractivity contribution in [1.29, 1.82) is 0 Å². The summed E-state index contributed by atoms with van der Waals surface area (Å²) in [6.07, 6.45) is 1.72. The summed E-state index contributed by atoms with van der Waals surface area (Å²) in [5, 5.41) is 25.6. The molecule has 2 unspecified atom stereocenters. The third-order valence-electron chi connectivity index (χ3n) is 11.9. The molecule has 7 fully saturated rings. The van der Waals surface area contributed by atoms with Gasteiger partial charge in [0.2, 0.25) is 0 Å². The molecule has 0 amide bonds. The number of fused-ring (bicyclic) bond motifs is 1. The molecule has 5 saturated carbocycles. The van der Waals surface area contributed by atoms with Crippen LogP contribution in [-0.4, -0.2) is 104 Å². The summed E-state index contributed by atoms with van der Waals surface area (Å²) in [4.78, 5) is 2.48. The Morgan fingerprint density at radius 3 is 2.52 bits per heavy atom. The van der Waals surface area contributed by atoms with Crippen LogP contribution in [0.4, 0.5) is 0 Å². The molecule has 8 heteroatoms. The third kappa shape index (κ3) is 1.85. The van der Waals surface area contributed by atoms with Crippen LogP contribution in [0.1, 0.15) is 39.5 Å². The van der Waals surface area contributed by atoms with Gasteiger partial charge in [-0.2, -0.15) is 0 Å². The number of likely N-dealkylation sites (tertiary alicyclic amines) is 1. The van der Waals surface area contributed by atoms with E-state index in [4.69, 9.17) is 23.7 Å². The molecule has 7 rings (SSSR count). The highest BCUT2D eigenvalue weighted by molar-refractivity contribution is 5.46. The van der Waals surface area contributed by atoms with E-state index in [1.165, 1.54) is 0 Å². The largest absolute Gasteiger partial charge is 0.390 e. The van der Waals surface area contributed by atoms with Crippen molar-refractivity contribution in [2.75, 3.05) is 41.2 Å². The number of hydrogen-bond donors (Lipinski definition) is 2. The molecule has 33 heavy (non-hydrogen) atoms. The van der Waals surface area contributed by atoms with Gasteiger partial charge in [-0.1, -0.05) is 13.8 Å². The second kappa shape index (κ2) is 6.32. The first-order valence-electron chi connectivity index (χ1n) is 12.8. The maximum atomic E-state index is 13.2. The monoisotopic (exact) mass is 465 g/mol. The summed E-state index contributed by atoms with van der Waals surface area (Å²) in [6.45, 7) is 6.32. The Morgan fingerprint density at radius 2 is 1.85 bits per heavy atom. The van der Waals surface area contributed by atoms with Crippen molar-refractivity contribution in [2.24, 2.45) is 28.6 Å². The van der Waals surface area contributed by atoms with Gasteiger partial charge in [0.1, 0.15) is 18.0 Å². The smallest absolute Gasteiger partial charge is 0.148 e. The summed E-state index contributed by atoms with van der Waals surface area (Å²) in [6, 6.07) is -0.191. The molecule has 0 aromatic heterocycles. The SMILES string of the molecule is CCN1C[C@]2(C)CCC(OC)C34[C@@H]2[C@H](O)[C@]2(OCO[C@@]25C[C@H](OC)[C@H]2C[C@]3(O)[C@@H]5[C@H]2OC)[C@@H]14. The Morgan fingerprint density at radius 1 is 1.06 bits per heavy atom. The van der Waals surface area contributed by atoms with E-state index >= 15 is 0 Å². The number of hydrogen-bond acceptors (Lipinski definition) is 8. The molecule has 2 heterocycles. The molecule has 3 spiro atoms. The molecular weight excluding hydrogens is 426 g/mol. The van der Waals surface area contributed by atoms with Crippen molar-refractivity contribution in [3.05, 3.63) is 0 Å². The van der Waals surface area contributed by atoms with Crippen LogP contribution in [0.5, 0.6) is 0 Å². The van der Waals surface area contributed by atoms with Crippen molar-refractivity contribution >= 4 is 0 Å². The molecule has 0 aromatic rings. The van der Waals surface area contributed by atoms with Crippen molar-refractivity contribution in [1.82, 2.24) is 4.90 Å². The number of methoxy groups -OCH3 is 3. The van der Waals surface area contributed by atoms with Gasteiger partial charge in [0, 0.05) is 52.0 Å². The minimum atomic E-state index is -1.12. The van der Waals surface area contributed by atoms with Crippen LogP contribution in [-0.2, 0) is 23.7 Å². The summed E-state index contributed by atoms with van der Waals surface area (Å²) in [5.41, 5.74) is -3.76. The minimum Gasteiger partial charge on any atom is -0.390 e. The highest BCUT2D eigenvalue weighted by atomic mass is 16.7. The van der Waals surface area contributed by atoms with Crippen molar-refractivity contribution in [3.8, 4) is 0 Å². The number of aliphatic hydroxyl groups is 2. The average molecular weight is 466 g/mol. The second-order valence-electron chi connectivity index (χ2n) is 12.3.